The molecule has 1 fully saturated rings. The maximum absolute atomic E-state index is 11.3. The molecular weight excluding hydrogens is 262 g/mol. The van der Waals surface area contributed by atoms with Crippen LogP contribution in [-0.2, 0) is 17.3 Å². The summed E-state index contributed by atoms with van der Waals surface area (Å²) in [6.45, 7) is 7.94. The van der Waals surface area contributed by atoms with E-state index in [0.717, 1.165) is 35.0 Å². The van der Waals surface area contributed by atoms with Crippen LogP contribution in [0.25, 0.3) is 0 Å². The first kappa shape index (κ1) is 14.1. The number of nitrogens with zero attached hydrogens (tertiary/aromatic N) is 1. The van der Waals surface area contributed by atoms with Crippen molar-refractivity contribution in [3.63, 3.8) is 0 Å². The summed E-state index contributed by atoms with van der Waals surface area (Å²) in [7, 11) is -0.872. The molecule has 4 heteroatoms. The van der Waals surface area contributed by atoms with Crippen molar-refractivity contribution >= 4 is 22.6 Å². The second kappa shape index (κ2) is 6.22. The topological polar surface area (TPSA) is 20.3 Å². The molecule has 0 unspecified atom stereocenters. The van der Waals surface area contributed by atoms with Gasteiger partial charge in [-0.05, 0) is 17.7 Å². The predicted octanol–water partition coefficient (Wildman–Crippen LogP) is 2.75. The van der Waals surface area contributed by atoms with Crippen LogP contribution in [0.4, 0.5) is 0 Å². The molecule has 3 atom stereocenters. The Morgan fingerprint density at radius 2 is 1.78 bits per heavy atom. The van der Waals surface area contributed by atoms with Crippen molar-refractivity contribution in [2.75, 3.05) is 19.3 Å². The van der Waals surface area contributed by atoms with E-state index in [2.05, 4.69) is 42.6 Å². The maximum atomic E-state index is 11.3. The Hall–Kier alpha value is -0.320. The maximum Gasteiger partial charge on any atom is 0.0498 e. The van der Waals surface area contributed by atoms with E-state index in [1.54, 1.807) is 6.26 Å². The lowest BCUT2D eigenvalue weighted by atomic mass is 10.2. The molecule has 100 valence electrons. The Bertz CT molecular complexity index is 408. The molecule has 0 N–H and O–H groups in total. The molecule has 1 aromatic rings. The number of thioether (sulfide) groups is 1. The van der Waals surface area contributed by atoms with Crippen LogP contribution in [0.3, 0.4) is 0 Å². The van der Waals surface area contributed by atoms with Gasteiger partial charge in [-0.15, -0.1) is 0 Å². The fourth-order valence-corrected chi connectivity index (χ4v) is 4.36. The highest BCUT2D eigenvalue weighted by molar-refractivity contribution is 8.00. The molecule has 0 amide bonds. The van der Waals surface area contributed by atoms with Crippen molar-refractivity contribution in [1.29, 1.82) is 0 Å². The molecule has 1 aromatic carbocycles. The number of hydrogen-bond donors (Lipinski definition) is 0. The molecular formula is C14H21NOS2. The Kier molecular flexibility index (Phi) is 4.87. The molecule has 1 aliphatic rings. The summed E-state index contributed by atoms with van der Waals surface area (Å²) in [5.41, 5.74) is 1.32. The van der Waals surface area contributed by atoms with Crippen molar-refractivity contribution in [1.82, 2.24) is 4.90 Å². The van der Waals surface area contributed by atoms with Crippen LogP contribution < -0.4 is 0 Å². The third-order valence-corrected chi connectivity index (χ3v) is 5.32. The Balaban J connectivity index is 1.98. The molecule has 0 spiro atoms. The van der Waals surface area contributed by atoms with Gasteiger partial charge in [0.05, 0.1) is 0 Å². The zero-order valence-corrected chi connectivity index (χ0v) is 12.9. The molecule has 1 heterocycles. The molecule has 2 nitrogen and oxygen atoms in total. The predicted molar refractivity (Wildman–Crippen MR) is 80.6 cm³/mol. The van der Waals surface area contributed by atoms with Crippen molar-refractivity contribution in [2.45, 2.75) is 35.8 Å². The highest BCUT2D eigenvalue weighted by Crippen LogP contribution is 2.25. The van der Waals surface area contributed by atoms with E-state index in [0.29, 0.717) is 0 Å². The number of benzene rings is 1. The van der Waals surface area contributed by atoms with Crippen LogP contribution in [0.5, 0.6) is 0 Å². The largest absolute Gasteiger partial charge is 0.297 e. The van der Waals surface area contributed by atoms with E-state index in [4.69, 9.17) is 0 Å². The molecule has 0 radical (unpaired) electrons. The number of hydrogen-bond acceptors (Lipinski definition) is 3. The molecule has 1 aliphatic heterocycles. The average Bonchev–Trinajstić information content (AvgIpc) is 2.28. The molecule has 0 saturated carbocycles. The first-order valence-corrected chi connectivity index (χ1v) is 8.85. The van der Waals surface area contributed by atoms with Gasteiger partial charge in [0.1, 0.15) is 0 Å². The zero-order valence-electron chi connectivity index (χ0n) is 11.3. The fourth-order valence-electron chi connectivity index (χ4n) is 2.46. The van der Waals surface area contributed by atoms with Gasteiger partial charge in [0, 0.05) is 52.1 Å². The van der Waals surface area contributed by atoms with Gasteiger partial charge in [0.15, 0.2) is 0 Å². The summed E-state index contributed by atoms with van der Waals surface area (Å²) in [6, 6.07) is 8.18. The van der Waals surface area contributed by atoms with Crippen LogP contribution in [0.15, 0.2) is 29.2 Å². The SMILES string of the molecule is C[C@@H]1CN(Cc2ccc([S@](C)=O)cc2)C[C@@H](C)S1. The van der Waals surface area contributed by atoms with Gasteiger partial charge in [0.25, 0.3) is 0 Å². The lowest BCUT2D eigenvalue weighted by Gasteiger charge is -2.34. The van der Waals surface area contributed by atoms with Crippen LogP contribution in [0, 0.1) is 0 Å². The third kappa shape index (κ3) is 3.84. The summed E-state index contributed by atoms with van der Waals surface area (Å²) in [4.78, 5) is 3.43. The van der Waals surface area contributed by atoms with Gasteiger partial charge < -0.3 is 0 Å². The molecule has 2 rings (SSSR count). The van der Waals surface area contributed by atoms with Crippen molar-refractivity contribution in [3.05, 3.63) is 29.8 Å². The van der Waals surface area contributed by atoms with E-state index >= 15 is 0 Å². The summed E-state index contributed by atoms with van der Waals surface area (Å²) >= 11 is 2.08. The van der Waals surface area contributed by atoms with Gasteiger partial charge in [-0.2, -0.15) is 11.8 Å². The molecule has 0 bridgehead atoms. The molecule has 0 aromatic heterocycles. The van der Waals surface area contributed by atoms with Crippen LogP contribution in [0.2, 0.25) is 0 Å². The Morgan fingerprint density at radius 3 is 2.28 bits per heavy atom. The van der Waals surface area contributed by atoms with Crippen molar-refractivity contribution in [3.8, 4) is 0 Å². The van der Waals surface area contributed by atoms with E-state index in [1.165, 1.54) is 5.56 Å². The summed E-state index contributed by atoms with van der Waals surface area (Å²) < 4.78 is 11.3. The minimum Gasteiger partial charge on any atom is -0.297 e. The summed E-state index contributed by atoms with van der Waals surface area (Å²) in [5, 5.41) is 1.44. The Labute approximate surface area is 117 Å². The summed E-state index contributed by atoms with van der Waals surface area (Å²) in [6.07, 6.45) is 1.72. The normalized spacial score (nSPS) is 27.1. The van der Waals surface area contributed by atoms with Crippen molar-refractivity contribution < 1.29 is 4.21 Å². The van der Waals surface area contributed by atoms with Gasteiger partial charge in [0.2, 0.25) is 0 Å². The first-order valence-electron chi connectivity index (χ1n) is 6.35. The molecule has 18 heavy (non-hydrogen) atoms. The second-order valence-corrected chi connectivity index (χ2v) is 8.31. The fraction of sp³-hybridized carbons (Fsp3) is 0.571. The minimum atomic E-state index is -0.872. The lowest BCUT2D eigenvalue weighted by molar-refractivity contribution is 0.263. The van der Waals surface area contributed by atoms with E-state index in [1.807, 2.05) is 12.1 Å². The Morgan fingerprint density at radius 1 is 1.22 bits per heavy atom. The van der Waals surface area contributed by atoms with Crippen LogP contribution in [0.1, 0.15) is 19.4 Å². The molecule has 0 aliphatic carbocycles. The zero-order chi connectivity index (χ0) is 13.1. The van der Waals surface area contributed by atoms with Gasteiger partial charge in [-0.25, -0.2) is 0 Å². The van der Waals surface area contributed by atoms with Crippen LogP contribution in [-0.4, -0.2) is 39.0 Å². The quantitative estimate of drug-likeness (QED) is 0.851. The number of rotatable bonds is 3. The van der Waals surface area contributed by atoms with Gasteiger partial charge >= 0.3 is 0 Å². The van der Waals surface area contributed by atoms with E-state index in [-0.39, 0.29) is 0 Å². The van der Waals surface area contributed by atoms with Gasteiger partial charge in [-0.3, -0.25) is 9.11 Å². The first-order chi connectivity index (χ1) is 8.54. The summed E-state index contributed by atoms with van der Waals surface area (Å²) in [5.74, 6) is 0. The van der Waals surface area contributed by atoms with E-state index in [9.17, 15) is 4.21 Å². The molecule has 1 saturated heterocycles. The van der Waals surface area contributed by atoms with Crippen LogP contribution >= 0.6 is 11.8 Å². The second-order valence-electron chi connectivity index (χ2n) is 5.05. The van der Waals surface area contributed by atoms with Crippen molar-refractivity contribution in [2.24, 2.45) is 0 Å². The minimum absolute atomic E-state index is 0.719. The highest BCUT2D eigenvalue weighted by atomic mass is 32.2. The lowest BCUT2D eigenvalue weighted by Crippen LogP contribution is -2.39. The standard InChI is InChI=1S/C14H21NOS2/c1-11-8-15(9-12(2)17-11)10-13-4-6-14(7-5-13)18(3)16/h4-7,11-12H,8-10H2,1-3H3/t11-,12-,18+/m1/s1. The van der Waals surface area contributed by atoms with Gasteiger partial charge in [-0.1, -0.05) is 26.0 Å². The highest BCUT2D eigenvalue weighted by Gasteiger charge is 2.21. The average molecular weight is 283 g/mol. The smallest absolute Gasteiger partial charge is 0.0498 e. The monoisotopic (exact) mass is 283 g/mol. The van der Waals surface area contributed by atoms with E-state index < -0.39 is 10.8 Å². The third-order valence-electron chi connectivity index (χ3n) is 3.16.